The number of rotatable bonds is 3. The van der Waals surface area contributed by atoms with Crippen LogP contribution in [0.3, 0.4) is 0 Å². The topological polar surface area (TPSA) is 75.5 Å². The van der Waals surface area contributed by atoms with Crippen molar-refractivity contribution in [3.8, 4) is 0 Å². The summed E-state index contributed by atoms with van der Waals surface area (Å²) in [4.78, 5) is 25.1. The smallest absolute Gasteiger partial charge is 0.269 e. The van der Waals surface area contributed by atoms with Crippen LogP contribution in [0.25, 0.3) is 0 Å². The number of non-ortho nitro benzene ring substituents is 1. The number of nitro groups is 1. The molecule has 0 radical (unpaired) electrons. The second-order valence-corrected chi connectivity index (χ2v) is 5.75. The van der Waals surface area contributed by atoms with Crippen LogP contribution >= 0.6 is 0 Å². The summed E-state index contributed by atoms with van der Waals surface area (Å²) >= 11 is 0. The molecule has 6 heteroatoms. The molecule has 0 saturated carbocycles. The maximum Gasteiger partial charge on any atom is 0.269 e. The van der Waals surface area contributed by atoms with Gasteiger partial charge in [0.05, 0.1) is 10.5 Å². The van der Waals surface area contributed by atoms with Crippen molar-refractivity contribution in [3.05, 3.63) is 69.8 Å². The number of carbonyl (C=O) groups excluding carboxylic acids is 1. The van der Waals surface area contributed by atoms with Crippen LogP contribution in [0.4, 0.5) is 11.4 Å². The Bertz CT molecular complexity index is 773. The lowest BCUT2D eigenvalue weighted by Gasteiger charge is -2.40. The van der Waals surface area contributed by atoms with Gasteiger partial charge in [-0.3, -0.25) is 14.9 Å². The molecule has 1 aliphatic rings. The van der Waals surface area contributed by atoms with E-state index in [-0.39, 0.29) is 17.6 Å². The van der Waals surface area contributed by atoms with Crippen molar-refractivity contribution in [2.75, 3.05) is 5.32 Å². The van der Waals surface area contributed by atoms with Gasteiger partial charge >= 0.3 is 0 Å². The molecule has 0 bridgehead atoms. The molecule has 6 nitrogen and oxygen atoms in total. The van der Waals surface area contributed by atoms with E-state index >= 15 is 0 Å². The van der Waals surface area contributed by atoms with Gasteiger partial charge < -0.3 is 10.2 Å². The first-order valence-corrected chi connectivity index (χ1v) is 7.41. The number of benzene rings is 2. The van der Waals surface area contributed by atoms with Gasteiger partial charge in [-0.25, -0.2) is 0 Å². The molecule has 0 saturated heterocycles. The van der Waals surface area contributed by atoms with Gasteiger partial charge in [0, 0.05) is 29.4 Å². The van der Waals surface area contributed by atoms with Gasteiger partial charge in [0.2, 0.25) is 0 Å². The van der Waals surface area contributed by atoms with E-state index in [1.165, 1.54) is 12.1 Å². The molecular formula is C17H17N3O3. The maximum atomic E-state index is 12.8. The second kappa shape index (κ2) is 5.72. The summed E-state index contributed by atoms with van der Waals surface area (Å²) in [6.45, 7) is 3.86. The summed E-state index contributed by atoms with van der Waals surface area (Å²) in [5.41, 5.74) is 2.06. The Morgan fingerprint density at radius 2 is 1.91 bits per heavy atom. The third kappa shape index (κ3) is 2.63. The van der Waals surface area contributed by atoms with E-state index in [0.717, 1.165) is 5.69 Å². The number of anilines is 1. The molecule has 1 unspecified atom stereocenters. The highest BCUT2D eigenvalue weighted by molar-refractivity contribution is 6.01. The molecule has 0 fully saturated rings. The highest BCUT2D eigenvalue weighted by atomic mass is 16.6. The molecule has 0 aromatic heterocycles. The summed E-state index contributed by atoms with van der Waals surface area (Å²) in [5.74, 6) is -0.0779. The summed E-state index contributed by atoms with van der Waals surface area (Å²) in [6.07, 6.45) is -0.433. The first-order valence-electron chi connectivity index (χ1n) is 7.41. The normalized spacial score (nSPS) is 16.9. The number of carbonyl (C=O) groups is 1. The lowest BCUT2D eigenvalue weighted by atomic mass is 10.0. The van der Waals surface area contributed by atoms with Crippen LogP contribution < -0.4 is 5.32 Å². The van der Waals surface area contributed by atoms with Crippen LogP contribution in [0.2, 0.25) is 0 Å². The van der Waals surface area contributed by atoms with E-state index in [1.54, 1.807) is 23.1 Å². The summed E-state index contributed by atoms with van der Waals surface area (Å²) < 4.78 is 0. The first kappa shape index (κ1) is 15.0. The lowest BCUT2D eigenvalue weighted by Crippen LogP contribution is -2.46. The zero-order valence-corrected chi connectivity index (χ0v) is 12.9. The number of amides is 1. The fraction of sp³-hybridized carbons (Fsp3) is 0.235. The summed E-state index contributed by atoms with van der Waals surface area (Å²) in [5, 5.41) is 14.3. The molecule has 118 valence electrons. The van der Waals surface area contributed by atoms with Crippen LogP contribution in [0.15, 0.2) is 48.5 Å². The molecule has 1 heterocycles. The molecule has 1 atom stereocenters. The van der Waals surface area contributed by atoms with Gasteiger partial charge in [0.1, 0.15) is 6.17 Å². The van der Waals surface area contributed by atoms with Crippen molar-refractivity contribution in [1.29, 1.82) is 0 Å². The Kier molecular flexibility index (Phi) is 3.73. The average molecular weight is 311 g/mol. The Morgan fingerprint density at radius 1 is 1.17 bits per heavy atom. The van der Waals surface area contributed by atoms with E-state index < -0.39 is 11.1 Å². The highest BCUT2D eigenvalue weighted by Crippen LogP contribution is 2.35. The number of para-hydroxylation sites is 1. The molecular weight excluding hydrogens is 294 g/mol. The monoisotopic (exact) mass is 311 g/mol. The van der Waals surface area contributed by atoms with Crippen LogP contribution in [-0.2, 0) is 0 Å². The Labute approximate surface area is 133 Å². The van der Waals surface area contributed by atoms with Gasteiger partial charge in [-0.1, -0.05) is 24.3 Å². The van der Waals surface area contributed by atoms with E-state index in [9.17, 15) is 14.9 Å². The van der Waals surface area contributed by atoms with Crippen LogP contribution in [0.1, 0.15) is 35.9 Å². The van der Waals surface area contributed by atoms with Gasteiger partial charge in [-0.15, -0.1) is 0 Å². The standard InChI is InChI=1S/C17H17N3O3/c1-11(2)19-16(12-6-5-7-13(10-12)20(22)23)18-15-9-4-3-8-14(15)17(19)21/h3-11,16,18H,1-2H3. The van der Waals surface area contributed by atoms with E-state index in [2.05, 4.69) is 5.32 Å². The third-order valence-electron chi connectivity index (χ3n) is 3.92. The predicted molar refractivity (Wildman–Crippen MR) is 87.2 cm³/mol. The zero-order valence-electron chi connectivity index (χ0n) is 12.9. The Morgan fingerprint density at radius 3 is 2.61 bits per heavy atom. The maximum absolute atomic E-state index is 12.8. The Hall–Kier alpha value is -2.89. The van der Waals surface area contributed by atoms with Crippen LogP contribution in [-0.4, -0.2) is 21.8 Å². The zero-order chi connectivity index (χ0) is 16.6. The molecule has 23 heavy (non-hydrogen) atoms. The summed E-state index contributed by atoms with van der Waals surface area (Å²) in [7, 11) is 0. The van der Waals surface area contributed by atoms with E-state index in [1.807, 2.05) is 32.0 Å². The minimum Gasteiger partial charge on any atom is -0.361 e. The van der Waals surface area contributed by atoms with Gasteiger partial charge in [0.15, 0.2) is 0 Å². The highest BCUT2D eigenvalue weighted by Gasteiger charge is 2.34. The second-order valence-electron chi connectivity index (χ2n) is 5.75. The number of hydrogen-bond donors (Lipinski definition) is 1. The van der Waals surface area contributed by atoms with Gasteiger partial charge in [0.25, 0.3) is 11.6 Å². The predicted octanol–water partition coefficient (Wildman–Crippen LogP) is 3.57. The SMILES string of the molecule is CC(C)N1C(=O)c2ccccc2NC1c1cccc([N+](=O)[O-])c1. The Balaban J connectivity index is 2.08. The molecule has 3 rings (SSSR count). The molecule has 0 spiro atoms. The molecule has 0 aliphatic carbocycles. The lowest BCUT2D eigenvalue weighted by molar-refractivity contribution is -0.384. The van der Waals surface area contributed by atoms with E-state index in [4.69, 9.17) is 0 Å². The first-order chi connectivity index (χ1) is 11.0. The molecule has 2 aromatic rings. The average Bonchev–Trinajstić information content (AvgIpc) is 2.54. The fourth-order valence-corrected chi connectivity index (χ4v) is 2.85. The van der Waals surface area contributed by atoms with E-state index in [0.29, 0.717) is 11.1 Å². The number of nitrogens with one attached hydrogen (secondary N) is 1. The summed E-state index contributed by atoms with van der Waals surface area (Å²) in [6, 6.07) is 13.6. The molecule has 1 amide bonds. The van der Waals surface area contributed by atoms with Gasteiger partial charge in [-0.05, 0) is 26.0 Å². The quantitative estimate of drug-likeness (QED) is 0.694. The van der Waals surface area contributed by atoms with Crippen molar-refractivity contribution >= 4 is 17.3 Å². The van der Waals surface area contributed by atoms with Crippen molar-refractivity contribution in [3.63, 3.8) is 0 Å². The number of hydrogen-bond acceptors (Lipinski definition) is 4. The molecule has 2 aromatic carbocycles. The fourth-order valence-electron chi connectivity index (χ4n) is 2.85. The number of fused-ring (bicyclic) bond motifs is 1. The van der Waals surface area contributed by atoms with Crippen molar-refractivity contribution in [2.45, 2.75) is 26.1 Å². The van der Waals surface area contributed by atoms with Gasteiger partial charge in [-0.2, -0.15) is 0 Å². The van der Waals surface area contributed by atoms with Crippen LogP contribution in [0.5, 0.6) is 0 Å². The third-order valence-corrected chi connectivity index (χ3v) is 3.92. The molecule has 1 aliphatic heterocycles. The largest absolute Gasteiger partial charge is 0.361 e. The minimum absolute atomic E-state index is 0.0133. The van der Waals surface area contributed by atoms with Crippen molar-refractivity contribution in [1.82, 2.24) is 4.90 Å². The minimum atomic E-state index is -0.433. The number of nitro benzene ring substituents is 1. The van der Waals surface area contributed by atoms with Crippen molar-refractivity contribution < 1.29 is 9.72 Å². The van der Waals surface area contributed by atoms with Crippen LogP contribution in [0, 0.1) is 10.1 Å². The number of nitrogens with zero attached hydrogens (tertiary/aromatic N) is 2. The van der Waals surface area contributed by atoms with Crippen molar-refractivity contribution in [2.24, 2.45) is 0 Å². The molecule has 1 N–H and O–H groups in total.